The van der Waals surface area contributed by atoms with E-state index in [0.717, 1.165) is 19.5 Å². The van der Waals surface area contributed by atoms with E-state index < -0.39 is 36.4 Å². The fourth-order valence-electron chi connectivity index (χ4n) is 3.91. The van der Waals surface area contributed by atoms with E-state index in [2.05, 4.69) is 10.3 Å². The molecular weight excluding hydrogens is 452 g/mol. The molecule has 0 aliphatic carbocycles. The number of aliphatic hydroxyl groups is 4. The van der Waals surface area contributed by atoms with Gasteiger partial charge >= 0.3 is 11.9 Å². The molecule has 3 aliphatic rings. The first-order chi connectivity index (χ1) is 16.3. The van der Waals surface area contributed by atoms with Gasteiger partial charge < -0.3 is 44.7 Å². The molecule has 3 aliphatic heterocycles. The third-order valence-electron chi connectivity index (χ3n) is 5.97. The first kappa shape index (κ1) is 24.5. The maximum absolute atomic E-state index is 12.7. The van der Waals surface area contributed by atoms with E-state index in [-0.39, 0.29) is 35.0 Å². The summed E-state index contributed by atoms with van der Waals surface area (Å²) < 4.78 is 21.9. The number of fused-ring (bicyclic) bond motifs is 2. The molecule has 1 aromatic rings. The van der Waals surface area contributed by atoms with E-state index in [1.54, 1.807) is 6.08 Å². The highest BCUT2D eigenvalue weighted by molar-refractivity contribution is 5.84. The van der Waals surface area contributed by atoms with Crippen LogP contribution in [0.1, 0.15) is 24.8 Å². The molecule has 0 amide bonds. The SMILES string of the molecule is O=C1Oc2ncc(OC3CCOCC3)c(c2/C=C/[C@H]2CCNC2)OC(=O)C(O)C(O)C(O)C1O. The number of aromatic nitrogens is 1. The number of carbonyl (C=O) groups excluding carboxylic acids is 2. The standard InChI is InChI=1S/C22H28N2O10/c25-15-16(26)18(28)22(30)34-20-13(2-1-11-3-6-23-9-11)19(33-21(29)17(15)27)14(10-24-20)32-12-4-7-31-8-5-12/h1-2,10-12,15-18,23,25-28H,3-9H2/b2-1+/t11-,15?,16?,17?,18?/m0/s1. The second-order valence-corrected chi connectivity index (χ2v) is 8.43. The van der Waals surface area contributed by atoms with Crippen molar-refractivity contribution >= 4 is 18.0 Å². The van der Waals surface area contributed by atoms with Crippen LogP contribution in [-0.4, -0.2) is 94.2 Å². The molecular formula is C22H28N2O10. The Morgan fingerprint density at radius 3 is 2.32 bits per heavy atom. The predicted octanol–water partition coefficient (Wildman–Crippen LogP) is -1.47. The second kappa shape index (κ2) is 10.8. The highest BCUT2D eigenvalue weighted by Gasteiger charge is 2.41. The zero-order valence-corrected chi connectivity index (χ0v) is 18.3. The second-order valence-electron chi connectivity index (χ2n) is 8.43. The lowest BCUT2D eigenvalue weighted by Crippen LogP contribution is -2.51. The van der Waals surface area contributed by atoms with E-state index in [4.69, 9.17) is 18.9 Å². The Morgan fingerprint density at radius 2 is 1.68 bits per heavy atom. The topological polar surface area (TPSA) is 177 Å². The first-order valence-corrected chi connectivity index (χ1v) is 11.2. The van der Waals surface area contributed by atoms with Gasteiger partial charge in [0, 0.05) is 19.4 Å². The predicted molar refractivity (Wildman–Crippen MR) is 114 cm³/mol. The average Bonchev–Trinajstić information content (AvgIpc) is 3.36. The summed E-state index contributed by atoms with van der Waals surface area (Å²) in [5, 5.41) is 43.7. The van der Waals surface area contributed by atoms with Crippen molar-refractivity contribution in [3.63, 3.8) is 0 Å². The fraction of sp³-hybridized carbons (Fsp3) is 0.591. The minimum Gasteiger partial charge on any atom is -0.485 e. The Morgan fingerprint density at radius 1 is 1.00 bits per heavy atom. The van der Waals surface area contributed by atoms with Gasteiger partial charge in [0.2, 0.25) is 5.88 Å². The average molecular weight is 480 g/mol. The Bertz CT molecular complexity index is 927. The molecule has 0 aromatic carbocycles. The maximum atomic E-state index is 12.7. The molecule has 4 heterocycles. The molecule has 2 fully saturated rings. The summed E-state index contributed by atoms with van der Waals surface area (Å²) >= 11 is 0. The van der Waals surface area contributed by atoms with Crippen LogP contribution in [0.4, 0.5) is 0 Å². The summed E-state index contributed by atoms with van der Waals surface area (Å²) in [4.78, 5) is 29.2. The summed E-state index contributed by atoms with van der Waals surface area (Å²) in [7, 11) is 0. The number of ether oxygens (including phenoxy) is 4. The van der Waals surface area contributed by atoms with Crippen molar-refractivity contribution in [3.05, 3.63) is 17.8 Å². The lowest BCUT2D eigenvalue weighted by Gasteiger charge is -2.25. The quantitative estimate of drug-likeness (QED) is 0.317. The van der Waals surface area contributed by atoms with Gasteiger partial charge in [-0.05, 0) is 25.0 Å². The third-order valence-corrected chi connectivity index (χ3v) is 5.97. The van der Waals surface area contributed by atoms with Crippen molar-refractivity contribution in [1.29, 1.82) is 0 Å². The lowest BCUT2D eigenvalue weighted by atomic mass is 10.0. The number of hydrogen-bond acceptors (Lipinski definition) is 12. The monoisotopic (exact) mass is 480 g/mol. The van der Waals surface area contributed by atoms with E-state index in [1.807, 2.05) is 6.08 Å². The molecule has 1 aromatic heterocycles. The molecule has 2 bridgehead atoms. The largest absolute Gasteiger partial charge is 0.485 e. The molecule has 5 N–H and O–H groups in total. The van der Waals surface area contributed by atoms with Gasteiger partial charge in [-0.3, -0.25) is 0 Å². The zero-order chi connectivity index (χ0) is 24.2. The number of rotatable bonds is 4. The van der Waals surface area contributed by atoms with Gasteiger partial charge in [-0.2, -0.15) is 0 Å². The zero-order valence-electron chi connectivity index (χ0n) is 18.3. The summed E-state index contributed by atoms with van der Waals surface area (Å²) in [5.74, 6) is -2.91. The van der Waals surface area contributed by atoms with Crippen molar-refractivity contribution in [1.82, 2.24) is 10.3 Å². The minimum atomic E-state index is -2.26. The number of esters is 2. The number of hydrogen-bond donors (Lipinski definition) is 5. The lowest BCUT2D eigenvalue weighted by molar-refractivity contribution is -0.169. The fourth-order valence-corrected chi connectivity index (χ4v) is 3.91. The Balaban J connectivity index is 1.78. The number of pyridine rings is 1. The van der Waals surface area contributed by atoms with Crippen LogP contribution in [0.25, 0.3) is 6.08 Å². The summed E-state index contributed by atoms with van der Waals surface area (Å²) in [5.41, 5.74) is 0.0726. The Hall–Kier alpha value is -2.61. The van der Waals surface area contributed by atoms with Gasteiger partial charge in [0.25, 0.3) is 0 Å². The van der Waals surface area contributed by atoms with Gasteiger partial charge in [0.1, 0.15) is 18.3 Å². The normalized spacial score (nSPS) is 31.1. The number of carbonyl (C=O) groups is 2. The van der Waals surface area contributed by atoms with Crippen molar-refractivity contribution in [3.8, 4) is 17.4 Å². The third kappa shape index (κ3) is 5.37. The molecule has 34 heavy (non-hydrogen) atoms. The van der Waals surface area contributed by atoms with Crippen LogP contribution in [0.5, 0.6) is 17.4 Å². The molecule has 4 rings (SSSR count). The van der Waals surface area contributed by atoms with Crippen LogP contribution in [0, 0.1) is 5.92 Å². The van der Waals surface area contributed by atoms with Crippen molar-refractivity contribution < 1.29 is 49.0 Å². The number of nitrogens with zero attached hydrogens (tertiary/aromatic N) is 1. The first-order valence-electron chi connectivity index (χ1n) is 11.2. The van der Waals surface area contributed by atoms with Crippen molar-refractivity contribution in [2.75, 3.05) is 26.3 Å². The van der Waals surface area contributed by atoms with Crippen molar-refractivity contribution in [2.24, 2.45) is 5.92 Å². The minimum absolute atomic E-state index is 0.0614. The molecule has 186 valence electrons. The van der Waals surface area contributed by atoms with Gasteiger partial charge in [-0.15, -0.1) is 0 Å². The van der Waals surface area contributed by atoms with E-state index in [9.17, 15) is 30.0 Å². The van der Waals surface area contributed by atoms with Gasteiger partial charge in [0.15, 0.2) is 23.7 Å². The molecule has 5 atom stereocenters. The highest BCUT2D eigenvalue weighted by atomic mass is 16.6. The molecule has 4 unspecified atom stereocenters. The van der Waals surface area contributed by atoms with Crippen LogP contribution in [0.2, 0.25) is 0 Å². The molecule has 12 heteroatoms. The summed E-state index contributed by atoms with van der Waals surface area (Å²) in [6.07, 6.45) is -2.57. The molecule has 12 nitrogen and oxygen atoms in total. The summed E-state index contributed by atoms with van der Waals surface area (Å²) in [6, 6.07) is 0. The van der Waals surface area contributed by atoms with E-state index in [0.29, 0.717) is 26.1 Å². The molecule has 0 spiro atoms. The Labute approximate surface area is 195 Å². The van der Waals surface area contributed by atoms with E-state index >= 15 is 0 Å². The van der Waals surface area contributed by atoms with Gasteiger partial charge in [0.05, 0.1) is 25.0 Å². The number of nitrogens with one attached hydrogen (secondary N) is 1. The maximum Gasteiger partial charge on any atom is 0.344 e. The van der Waals surface area contributed by atoms with Crippen LogP contribution in [-0.2, 0) is 14.3 Å². The van der Waals surface area contributed by atoms with Gasteiger partial charge in [-0.1, -0.05) is 6.08 Å². The van der Waals surface area contributed by atoms with Crippen LogP contribution < -0.4 is 19.5 Å². The van der Waals surface area contributed by atoms with Crippen LogP contribution in [0.15, 0.2) is 12.3 Å². The van der Waals surface area contributed by atoms with Crippen molar-refractivity contribution in [2.45, 2.75) is 49.8 Å². The smallest absolute Gasteiger partial charge is 0.344 e. The van der Waals surface area contributed by atoms with Crippen LogP contribution >= 0.6 is 0 Å². The summed E-state index contributed by atoms with van der Waals surface area (Å²) in [6.45, 7) is 2.54. The van der Waals surface area contributed by atoms with Crippen LogP contribution in [0.3, 0.4) is 0 Å². The highest BCUT2D eigenvalue weighted by Crippen LogP contribution is 2.39. The van der Waals surface area contributed by atoms with Gasteiger partial charge in [-0.25, -0.2) is 14.6 Å². The number of aliphatic hydroxyl groups excluding tert-OH is 4. The molecule has 0 radical (unpaired) electrons. The molecule has 0 saturated carbocycles. The van der Waals surface area contributed by atoms with E-state index in [1.165, 1.54) is 6.20 Å². The Kier molecular flexibility index (Phi) is 7.76. The molecule has 2 saturated heterocycles.